The Morgan fingerprint density at radius 2 is 2.33 bits per heavy atom. The first-order valence-electron chi connectivity index (χ1n) is 4.32. The maximum Gasteiger partial charge on any atom is 0.324 e. The number of benzene rings is 1. The predicted molar refractivity (Wildman–Crippen MR) is 65.1 cm³/mol. The molecule has 0 aliphatic rings. The number of aliphatic carboxylic acids is 1. The lowest BCUT2D eigenvalue weighted by Gasteiger charge is -2.18. The fourth-order valence-electron chi connectivity index (χ4n) is 0.852. The Labute approximate surface area is 101 Å². The summed E-state index contributed by atoms with van der Waals surface area (Å²) in [5.41, 5.74) is 4.43. The summed E-state index contributed by atoms with van der Waals surface area (Å²) in [5.74, 6) is -0.635. The van der Waals surface area contributed by atoms with Crippen LogP contribution in [0.5, 0.6) is 0 Å². The molecule has 1 aromatic rings. The lowest BCUT2D eigenvalue weighted by molar-refractivity contribution is -0.141. The van der Waals surface area contributed by atoms with Crippen LogP contribution in [0.25, 0.3) is 0 Å². The van der Waals surface area contributed by atoms with E-state index >= 15 is 0 Å². The summed E-state index contributed by atoms with van der Waals surface area (Å²) in [5, 5.41) is 8.83. The molecule has 82 valence electrons. The van der Waals surface area contributed by atoms with E-state index < -0.39 is 11.5 Å². The molecule has 0 aromatic heterocycles. The minimum Gasteiger partial charge on any atom is -0.480 e. The first-order chi connectivity index (χ1) is 6.92. The molecule has 0 fully saturated rings. The average molecular weight is 290 g/mol. The normalized spacial score (nSPS) is 14.6. The second-order valence-corrected chi connectivity index (χ2v) is 5.43. The van der Waals surface area contributed by atoms with Crippen molar-refractivity contribution in [3.8, 4) is 0 Å². The van der Waals surface area contributed by atoms with Gasteiger partial charge < -0.3 is 10.8 Å². The van der Waals surface area contributed by atoms with Crippen LogP contribution < -0.4 is 5.73 Å². The largest absolute Gasteiger partial charge is 0.480 e. The molecular weight excluding hydrogens is 278 g/mol. The van der Waals surface area contributed by atoms with Gasteiger partial charge in [-0.1, -0.05) is 22.0 Å². The van der Waals surface area contributed by atoms with Crippen molar-refractivity contribution in [3.05, 3.63) is 28.7 Å². The van der Waals surface area contributed by atoms with E-state index in [2.05, 4.69) is 15.9 Å². The molecule has 3 N–H and O–H groups in total. The highest BCUT2D eigenvalue weighted by atomic mass is 79.9. The van der Waals surface area contributed by atoms with Crippen LogP contribution in [-0.2, 0) is 4.79 Å². The van der Waals surface area contributed by atoms with E-state index in [0.717, 1.165) is 9.37 Å². The second kappa shape index (κ2) is 5.01. The number of hydrogen-bond donors (Lipinski definition) is 2. The Morgan fingerprint density at radius 1 is 1.67 bits per heavy atom. The number of carbonyl (C=O) groups is 1. The summed E-state index contributed by atoms with van der Waals surface area (Å²) in [4.78, 5) is 11.8. The molecule has 5 heteroatoms. The number of carboxylic acids is 1. The van der Waals surface area contributed by atoms with Crippen LogP contribution in [0.4, 0.5) is 0 Å². The second-order valence-electron chi connectivity index (χ2n) is 3.47. The van der Waals surface area contributed by atoms with Crippen LogP contribution in [0.1, 0.15) is 6.92 Å². The molecule has 1 rings (SSSR count). The number of rotatable bonds is 4. The minimum atomic E-state index is -1.19. The molecule has 0 spiro atoms. The number of thioether (sulfide) groups is 1. The lowest BCUT2D eigenvalue weighted by Crippen LogP contribution is -2.47. The van der Waals surface area contributed by atoms with Gasteiger partial charge in [0.25, 0.3) is 0 Å². The molecule has 0 saturated carbocycles. The van der Waals surface area contributed by atoms with Crippen molar-refractivity contribution >= 4 is 33.7 Å². The SMILES string of the molecule is CC(N)(CSc1cccc(Br)c1)C(=O)O. The number of hydrogen-bond acceptors (Lipinski definition) is 3. The van der Waals surface area contributed by atoms with E-state index in [1.165, 1.54) is 18.7 Å². The van der Waals surface area contributed by atoms with Gasteiger partial charge in [0, 0.05) is 15.1 Å². The van der Waals surface area contributed by atoms with E-state index in [9.17, 15) is 4.79 Å². The molecular formula is C10H12BrNO2S. The minimum absolute atomic E-state index is 0.346. The molecule has 1 atom stereocenters. The van der Waals surface area contributed by atoms with Crippen LogP contribution in [0, 0.1) is 0 Å². The summed E-state index contributed by atoms with van der Waals surface area (Å²) in [6.45, 7) is 1.51. The standard InChI is InChI=1S/C10H12BrNO2S/c1-10(12,9(13)14)6-15-8-4-2-3-7(11)5-8/h2-5H,6,12H2,1H3,(H,13,14). The first-order valence-corrected chi connectivity index (χ1v) is 6.10. The molecule has 0 amide bonds. The van der Waals surface area contributed by atoms with Crippen molar-refractivity contribution in [2.24, 2.45) is 5.73 Å². The van der Waals surface area contributed by atoms with Crippen LogP contribution in [0.3, 0.4) is 0 Å². The van der Waals surface area contributed by atoms with Crippen molar-refractivity contribution in [1.82, 2.24) is 0 Å². The molecule has 0 bridgehead atoms. The maximum atomic E-state index is 10.8. The van der Waals surface area contributed by atoms with Crippen molar-refractivity contribution in [2.75, 3.05) is 5.75 Å². The Hall–Kier alpha value is -0.520. The van der Waals surface area contributed by atoms with Gasteiger partial charge >= 0.3 is 5.97 Å². The smallest absolute Gasteiger partial charge is 0.324 e. The van der Waals surface area contributed by atoms with Crippen LogP contribution in [0.2, 0.25) is 0 Å². The van der Waals surface area contributed by atoms with Gasteiger partial charge in [-0.05, 0) is 25.1 Å². The van der Waals surface area contributed by atoms with Gasteiger partial charge in [0.1, 0.15) is 5.54 Å². The quantitative estimate of drug-likeness (QED) is 0.835. The van der Waals surface area contributed by atoms with E-state index in [1.807, 2.05) is 24.3 Å². The Balaban J connectivity index is 2.61. The van der Waals surface area contributed by atoms with Crippen molar-refractivity contribution in [2.45, 2.75) is 17.4 Å². The lowest BCUT2D eigenvalue weighted by atomic mass is 10.1. The monoisotopic (exact) mass is 289 g/mol. The molecule has 1 unspecified atom stereocenters. The molecule has 0 radical (unpaired) electrons. The van der Waals surface area contributed by atoms with Crippen molar-refractivity contribution < 1.29 is 9.90 Å². The topological polar surface area (TPSA) is 63.3 Å². The van der Waals surface area contributed by atoms with E-state index in [0.29, 0.717) is 5.75 Å². The van der Waals surface area contributed by atoms with Crippen molar-refractivity contribution in [3.63, 3.8) is 0 Å². The zero-order valence-electron chi connectivity index (χ0n) is 8.24. The van der Waals surface area contributed by atoms with Gasteiger partial charge in [-0.3, -0.25) is 4.79 Å². The van der Waals surface area contributed by atoms with E-state index in [1.54, 1.807) is 0 Å². The third-order valence-electron chi connectivity index (χ3n) is 1.82. The number of nitrogens with two attached hydrogens (primary N) is 1. The molecule has 1 aromatic carbocycles. The first kappa shape index (κ1) is 12.5. The van der Waals surface area contributed by atoms with Crippen LogP contribution in [-0.4, -0.2) is 22.4 Å². The molecule has 0 aliphatic heterocycles. The molecule has 0 aliphatic carbocycles. The Kier molecular flexibility index (Phi) is 4.19. The fraction of sp³-hybridized carbons (Fsp3) is 0.300. The molecule has 0 heterocycles. The van der Waals surface area contributed by atoms with Gasteiger partial charge in [-0.15, -0.1) is 11.8 Å². The maximum absolute atomic E-state index is 10.8. The summed E-state index contributed by atoms with van der Waals surface area (Å²) >= 11 is 4.78. The molecule has 15 heavy (non-hydrogen) atoms. The summed E-state index contributed by atoms with van der Waals surface area (Å²) in [6, 6.07) is 7.68. The summed E-state index contributed by atoms with van der Waals surface area (Å²) in [6.07, 6.45) is 0. The van der Waals surface area contributed by atoms with Gasteiger partial charge in [0.05, 0.1) is 0 Å². The highest BCUT2D eigenvalue weighted by Crippen LogP contribution is 2.24. The van der Waals surface area contributed by atoms with Crippen LogP contribution >= 0.6 is 27.7 Å². The van der Waals surface area contributed by atoms with Crippen LogP contribution in [0.15, 0.2) is 33.6 Å². The zero-order chi connectivity index (χ0) is 11.5. The highest BCUT2D eigenvalue weighted by Gasteiger charge is 2.27. The van der Waals surface area contributed by atoms with Gasteiger partial charge in [0.2, 0.25) is 0 Å². The summed E-state index contributed by atoms with van der Waals surface area (Å²) < 4.78 is 0.974. The van der Waals surface area contributed by atoms with E-state index in [4.69, 9.17) is 10.8 Å². The summed E-state index contributed by atoms with van der Waals surface area (Å²) in [7, 11) is 0. The Bertz CT molecular complexity index is 368. The third kappa shape index (κ3) is 3.85. The van der Waals surface area contributed by atoms with E-state index in [-0.39, 0.29) is 0 Å². The number of carboxylic acid groups (broad SMARTS) is 1. The third-order valence-corrected chi connectivity index (χ3v) is 3.65. The zero-order valence-corrected chi connectivity index (χ0v) is 10.6. The Morgan fingerprint density at radius 3 is 2.87 bits per heavy atom. The average Bonchev–Trinajstić information content (AvgIpc) is 2.15. The molecule has 0 saturated heterocycles. The van der Waals surface area contributed by atoms with Gasteiger partial charge in [0.15, 0.2) is 0 Å². The number of halogens is 1. The predicted octanol–water partition coefficient (Wildman–Crippen LogP) is 2.34. The molecule has 3 nitrogen and oxygen atoms in total. The highest BCUT2D eigenvalue weighted by molar-refractivity contribution is 9.10. The fourth-order valence-corrected chi connectivity index (χ4v) is 2.38. The van der Waals surface area contributed by atoms with Gasteiger partial charge in [-0.25, -0.2) is 0 Å². The van der Waals surface area contributed by atoms with Crippen molar-refractivity contribution in [1.29, 1.82) is 0 Å². The van der Waals surface area contributed by atoms with Gasteiger partial charge in [-0.2, -0.15) is 0 Å².